The van der Waals surface area contributed by atoms with Gasteiger partial charge in [0.2, 0.25) is 0 Å². The summed E-state index contributed by atoms with van der Waals surface area (Å²) in [6.45, 7) is 1.92. The zero-order valence-electron chi connectivity index (χ0n) is 10.1. The van der Waals surface area contributed by atoms with Crippen molar-refractivity contribution in [1.29, 1.82) is 0 Å². The Kier molecular flexibility index (Phi) is 3.64. The highest BCUT2D eigenvalue weighted by Crippen LogP contribution is 2.31. The molecule has 1 aliphatic carbocycles. The minimum absolute atomic E-state index is 0.634. The van der Waals surface area contributed by atoms with Gasteiger partial charge < -0.3 is 0 Å². The first kappa shape index (κ1) is 12.2. The van der Waals surface area contributed by atoms with Crippen LogP contribution in [-0.4, -0.2) is 15.9 Å². The molecular formula is C14H15ClN2S. The van der Waals surface area contributed by atoms with Crippen LogP contribution in [0.1, 0.15) is 23.3 Å². The molecule has 0 unspecified atom stereocenters. The zero-order valence-corrected chi connectivity index (χ0v) is 11.6. The Balaban J connectivity index is 1.73. The van der Waals surface area contributed by atoms with Gasteiger partial charge in [-0.25, -0.2) is 4.98 Å². The monoisotopic (exact) mass is 278 g/mol. The second kappa shape index (κ2) is 5.39. The lowest BCUT2D eigenvalue weighted by Crippen LogP contribution is -2.24. The predicted octanol–water partition coefficient (Wildman–Crippen LogP) is 3.96. The Bertz CT molecular complexity index is 508. The van der Waals surface area contributed by atoms with Gasteiger partial charge in [-0.3, -0.25) is 4.90 Å². The van der Waals surface area contributed by atoms with Crippen molar-refractivity contribution in [3.05, 3.63) is 51.4 Å². The topological polar surface area (TPSA) is 16.1 Å². The van der Waals surface area contributed by atoms with Crippen molar-refractivity contribution in [3.8, 4) is 0 Å². The SMILES string of the molecule is Clc1ncccc1CN(Cc1cccs1)C1CC1. The van der Waals surface area contributed by atoms with Crippen molar-refractivity contribution in [2.45, 2.75) is 32.0 Å². The van der Waals surface area contributed by atoms with Crippen molar-refractivity contribution >= 4 is 22.9 Å². The van der Waals surface area contributed by atoms with Gasteiger partial charge >= 0.3 is 0 Å². The smallest absolute Gasteiger partial charge is 0.133 e. The van der Waals surface area contributed by atoms with Crippen molar-refractivity contribution in [3.63, 3.8) is 0 Å². The van der Waals surface area contributed by atoms with Gasteiger partial charge in [-0.15, -0.1) is 11.3 Å². The van der Waals surface area contributed by atoms with E-state index in [-0.39, 0.29) is 0 Å². The van der Waals surface area contributed by atoms with E-state index in [4.69, 9.17) is 11.6 Å². The first-order valence-electron chi connectivity index (χ1n) is 6.19. The molecule has 94 valence electrons. The van der Waals surface area contributed by atoms with Gasteiger partial charge in [-0.1, -0.05) is 23.7 Å². The molecule has 0 spiro atoms. The van der Waals surface area contributed by atoms with E-state index in [0.717, 1.165) is 24.7 Å². The fraction of sp³-hybridized carbons (Fsp3) is 0.357. The summed E-state index contributed by atoms with van der Waals surface area (Å²) in [6, 6.07) is 9.06. The van der Waals surface area contributed by atoms with Crippen LogP contribution >= 0.6 is 22.9 Å². The number of rotatable bonds is 5. The molecule has 18 heavy (non-hydrogen) atoms. The summed E-state index contributed by atoms with van der Waals surface area (Å²) in [5, 5.41) is 2.77. The number of nitrogens with zero attached hydrogens (tertiary/aromatic N) is 2. The second-order valence-corrected chi connectivity index (χ2v) is 6.06. The molecule has 1 fully saturated rings. The minimum Gasteiger partial charge on any atom is -0.291 e. The molecule has 2 nitrogen and oxygen atoms in total. The Morgan fingerprint density at radius 2 is 2.17 bits per heavy atom. The van der Waals surface area contributed by atoms with Crippen LogP contribution in [0.3, 0.4) is 0 Å². The molecule has 4 heteroatoms. The quantitative estimate of drug-likeness (QED) is 0.770. The van der Waals surface area contributed by atoms with E-state index < -0.39 is 0 Å². The van der Waals surface area contributed by atoms with E-state index >= 15 is 0 Å². The summed E-state index contributed by atoms with van der Waals surface area (Å²) in [7, 11) is 0. The molecule has 1 saturated carbocycles. The maximum Gasteiger partial charge on any atom is 0.133 e. The first-order valence-corrected chi connectivity index (χ1v) is 7.44. The van der Waals surface area contributed by atoms with Crippen molar-refractivity contribution in [2.24, 2.45) is 0 Å². The number of pyridine rings is 1. The van der Waals surface area contributed by atoms with Crippen LogP contribution in [0.15, 0.2) is 35.8 Å². The molecule has 0 amide bonds. The van der Waals surface area contributed by atoms with Gasteiger partial charge in [-0.05, 0) is 30.4 Å². The Morgan fingerprint density at radius 1 is 1.28 bits per heavy atom. The Labute approximate surface area is 116 Å². The molecule has 3 rings (SSSR count). The van der Waals surface area contributed by atoms with Crippen LogP contribution in [-0.2, 0) is 13.1 Å². The highest BCUT2D eigenvalue weighted by molar-refractivity contribution is 7.09. The van der Waals surface area contributed by atoms with Crippen molar-refractivity contribution < 1.29 is 0 Å². The van der Waals surface area contributed by atoms with Gasteiger partial charge in [0, 0.05) is 35.8 Å². The summed E-state index contributed by atoms with van der Waals surface area (Å²) < 4.78 is 0. The number of halogens is 1. The maximum absolute atomic E-state index is 6.14. The number of aromatic nitrogens is 1. The minimum atomic E-state index is 0.634. The third-order valence-electron chi connectivity index (χ3n) is 3.21. The third-order valence-corrected chi connectivity index (χ3v) is 4.41. The van der Waals surface area contributed by atoms with Crippen LogP contribution in [0.2, 0.25) is 5.15 Å². The summed E-state index contributed by atoms with van der Waals surface area (Å²) >= 11 is 7.96. The van der Waals surface area contributed by atoms with E-state index in [9.17, 15) is 0 Å². The highest BCUT2D eigenvalue weighted by Gasteiger charge is 2.29. The first-order chi connectivity index (χ1) is 8.83. The number of thiophene rings is 1. The van der Waals surface area contributed by atoms with Gasteiger partial charge in [0.25, 0.3) is 0 Å². The molecule has 0 saturated heterocycles. The third kappa shape index (κ3) is 2.91. The predicted molar refractivity (Wildman–Crippen MR) is 75.8 cm³/mol. The van der Waals surface area contributed by atoms with Crippen LogP contribution in [0.25, 0.3) is 0 Å². The van der Waals surface area contributed by atoms with E-state index in [0.29, 0.717) is 5.15 Å². The molecule has 0 aliphatic heterocycles. The van der Waals surface area contributed by atoms with Gasteiger partial charge in [0.1, 0.15) is 5.15 Å². The van der Waals surface area contributed by atoms with Crippen molar-refractivity contribution in [2.75, 3.05) is 0 Å². The van der Waals surface area contributed by atoms with E-state index in [1.807, 2.05) is 17.4 Å². The van der Waals surface area contributed by atoms with Crippen molar-refractivity contribution in [1.82, 2.24) is 9.88 Å². The fourth-order valence-electron chi connectivity index (χ4n) is 2.11. The Hall–Kier alpha value is -0.900. The fourth-order valence-corrected chi connectivity index (χ4v) is 3.02. The lowest BCUT2D eigenvalue weighted by atomic mass is 10.2. The van der Waals surface area contributed by atoms with Gasteiger partial charge in [0.05, 0.1) is 0 Å². The molecule has 0 N–H and O–H groups in total. The summed E-state index contributed by atoms with van der Waals surface area (Å²) in [4.78, 5) is 8.08. The summed E-state index contributed by atoms with van der Waals surface area (Å²) in [5.41, 5.74) is 1.13. The van der Waals surface area contributed by atoms with Crippen LogP contribution in [0, 0.1) is 0 Å². The van der Waals surface area contributed by atoms with E-state index in [2.05, 4.69) is 33.5 Å². The maximum atomic E-state index is 6.14. The van der Waals surface area contributed by atoms with E-state index in [1.165, 1.54) is 17.7 Å². The summed E-state index contributed by atoms with van der Waals surface area (Å²) in [5.74, 6) is 0. The average Bonchev–Trinajstić information content (AvgIpc) is 3.10. The molecule has 2 aromatic rings. The lowest BCUT2D eigenvalue weighted by Gasteiger charge is -2.21. The summed E-state index contributed by atoms with van der Waals surface area (Å²) in [6.07, 6.45) is 4.36. The molecule has 0 bridgehead atoms. The highest BCUT2D eigenvalue weighted by atomic mass is 35.5. The molecule has 1 aliphatic rings. The molecule has 0 atom stereocenters. The largest absolute Gasteiger partial charge is 0.291 e. The number of hydrogen-bond donors (Lipinski definition) is 0. The second-order valence-electron chi connectivity index (χ2n) is 4.67. The van der Waals surface area contributed by atoms with Crippen LogP contribution in [0.4, 0.5) is 0 Å². The number of hydrogen-bond acceptors (Lipinski definition) is 3. The molecule has 0 aromatic carbocycles. The van der Waals surface area contributed by atoms with Gasteiger partial charge in [-0.2, -0.15) is 0 Å². The Morgan fingerprint density at radius 3 is 2.83 bits per heavy atom. The molecule has 2 aromatic heterocycles. The normalized spacial score (nSPS) is 15.2. The van der Waals surface area contributed by atoms with Crippen LogP contribution in [0.5, 0.6) is 0 Å². The molecule has 0 radical (unpaired) electrons. The average molecular weight is 279 g/mol. The van der Waals surface area contributed by atoms with Crippen LogP contribution < -0.4 is 0 Å². The molecule has 2 heterocycles. The van der Waals surface area contributed by atoms with E-state index in [1.54, 1.807) is 6.20 Å². The standard InChI is InChI=1S/C14H15ClN2S/c15-14-11(3-1-7-16-14)9-17(12-5-6-12)10-13-4-2-8-18-13/h1-4,7-8,12H,5-6,9-10H2. The lowest BCUT2D eigenvalue weighted by molar-refractivity contribution is 0.248. The van der Waals surface area contributed by atoms with Gasteiger partial charge in [0.15, 0.2) is 0 Å². The zero-order chi connectivity index (χ0) is 12.4. The molecular weight excluding hydrogens is 264 g/mol.